The van der Waals surface area contributed by atoms with Crippen molar-refractivity contribution in [3.05, 3.63) is 35.4 Å². The molecular formula is C11H14F2O3S. The molecule has 17 heavy (non-hydrogen) atoms. The van der Waals surface area contributed by atoms with Crippen molar-refractivity contribution in [3.63, 3.8) is 0 Å². The molecule has 1 atom stereocenters. The van der Waals surface area contributed by atoms with Crippen molar-refractivity contribution in [3.8, 4) is 0 Å². The number of hydrogen-bond donors (Lipinski definition) is 1. The molecule has 0 aliphatic rings. The summed E-state index contributed by atoms with van der Waals surface area (Å²) < 4.78 is 47.9. The van der Waals surface area contributed by atoms with Crippen molar-refractivity contribution in [2.24, 2.45) is 0 Å². The molecule has 0 saturated carbocycles. The zero-order valence-corrected chi connectivity index (χ0v) is 10.4. The van der Waals surface area contributed by atoms with E-state index >= 15 is 0 Å². The second-order valence-electron chi connectivity index (χ2n) is 4.31. The summed E-state index contributed by atoms with van der Waals surface area (Å²) in [5, 5.41) is 10.0. The van der Waals surface area contributed by atoms with E-state index in [1.165, 1.54) is 6.92 Å². The Kier molecular flexibility index (Phi) is 3.88. The summed E-state index contributed by atoms with van der Waals surface area (Å²) in [5.41, 5.74) is -1.55. The van der Waals surface area contributed by atoms with Crippen LogP contribution >= 0.6 is 0 Å². The molecular weight excluding hydrogens is 250 g/mol. The zero-order chi connectivity index (χ0) is 13.3. The third-order valence-electron chi connectivity index (χ3n) is 2.44. The van der Waals surface area contributed by atoms with E-state index in [4.69, 9.17) is 0 Å². The minimum absolute atomic E-state index is 0.0265. The summed E-state index contributed by atoms with van der Waals surface area (Å²) in [6, 6.07) is 2.67. The monoisotopic (exact) mass is 264 g/mol. The highest BCUT2D eigenvalue weighted by Crippen LogP contribution is 2.26. The van der Waals surface area contributed by atoms with Crippen molar-refractivity contribution in [2.45, 2.75) is 18.9 Å². The van der Waals surface area contributed by atoms with Crippen molar-refractivity contribution < 1.29 is 22.3 Å². The number of benzene rings is 1. The van der Waals surface area contributed by atoms with Crippen LogP contribution in [0.4, 0.5) is 8.78 Å². The van der Waals surface area contributed by atoms with Crippen LogP contribution in [0.2, 0.25) is 0 Å². The predicted molar refractivity (Wildman–Crippen MR) is 60.3 cm³/mol. The zero-order valence-electron chi connectivity index (χ0n) is 9.57. The maximum absolute atomic E-state index is 13.0. The summed E-state index contributed by atoms with van der Waals surface area (Å²) >= 11 is 0. The third-order valence-corrected chi connectivity index (χ3v) is 3.39. The first kappa shape index (κ1) is 14.1. The van der Waals surface area contributed by atoms with Gasteiger partial charge in [0, 0.05) is 12.3 Å². The van der Waals surface area contributed by atoms with Crippen LogP contribution in [0, 0.1) is 11.6 Å². The Bertz CT molecular complexity index is 489. The molecule has 0 bridgehead atoms. The van der Waals surface area contributed by atoms with Gasteiger partial charge in [0.05, 0.1) is 11.4 Å². The van der Waals surface area contributed by atoms with E-state index in [-0.39, 0.29) is 17.7 Å². The first-order valence-corrected chi connectivity index (χ1v) is 7.03. The Balaban J connectivity index is 2.96. The minimum atomic E-state index is -3.23. The van der Waals surface area contributed by atoms with Gasteiger partial charge in [0.2, 0.25) is 0 Å². The molecule has 3 nitrogen and oxygen atoms in total. The Hall–Kier alpha value is -1.01. The predicted octanol–water partition coefficient (Wildman–Crippen LogP) is 1.61. The van der Waals surface area contributed by atoms with E-state index in [1.807, 2.05) is 0 Å². The molecule has 1 rings (SSSR count). The smallest absolute Gasteiger partial charge is 0.147 e. The summed E-state index contributed by atoms with van der Waals surface area (Å²) in [6.45, 7) is 1.33. The fraction of sp³-hybridized carbons (Fsp3) is 0.455. The first-order chi connectivity index (χ1) is 7.60. The molecule has 0 saturated heterocycles. The van der Waals surface area contributed by atoms with Crippen molar-refractivity contribution >= 4 is 9.84 Å². The van der Waals surface area contributed by atoms with E-state index in [9.17, 15) is 22.3 Å². The van der Waals surface area contributed by atoms with Gasteiger partial charge in [0.25, 0.3) is 0 Å². The minimum Gasteiger partial charge on any atom is -0.385 e. The van der Waals surface area contributed by atoms with Crippen molar-refractivity contribution in [1.29, 1.82) is 0 Å². The molecule has 96 valence electrons. The van der Waals surface area contributed by atoms with E-state index < -0.39 is 27.1 Å². The van der Waals surface area contributed by atoms with Gasteiger partial charge in [0.15, 0.2) is 0 Å². The molecule has 0 aliphatic carbocycles. The fourth-order valence-corrected chi connectivity index (χ4v) is 2.16. The van der Waals surface area contributed by atoms with Crippen LogP contribution in [0.3, 0.4) is 0 Å². The molecule has 0 aromatic heterocycles. The van der Waals surface area contributed by atoms with Gasteiger partial charge in [0.1, 0.15) is 21.5 Å². The molecule has 1 aromatic rings. The van der Waals surface area contributed by atoms with Crippen LogP contribution in [0.25, 0.3) is 0 Å². The van der Waals surface area contributed by atoms with Crippen LogP contribution in [-0.2, 0) is 15.4 Å². The molecule has 1 N–H and O–H groups in total. The Morgan fingerprint density at radius 2 is 1.71 bits per heavy atom. The van der Waals surface area contributed by atoms with Crippen LogP contribution in [0.15, 0.2) is 18.2 Å². The average molecular weight is 264 g/mol. The lowest BCUT2D eigenvalue weighted by Crippen LogP contribution is -2.25. The van der Waals surface area contributed by atoms with Crippen LogP contribution < -0.4 is 0 Å². The van der Waals surface area contributed by atoms with Gasteiger partial charge in [-0.05, 0) is 31.0 Å². The molecule has 0 aliphatic heterocycles. The molecule has 1 unspecified atom stereocenters. The molecule has 1 aromatic carbocycles. The topological polar surface area (TPSA) is 54.4 Å². The lowest BCUT2D eigenvalue weighted by molar-refractivity contribution is 0.0532. The maximum Gasteiger partial charge on any atom is 0.147 e. The van der Waals surface area contributed by atoms with E-state index in [1.54, 1.807) is 0 Å². The quantitative estimate of drug-likeness (QED) is 0.898. The third kappa shape index (κ3) is 4.40. The number of halogens is 2. The maximum atomic E-state index is 13.0. The first-order valence-electron chi connectivity index (χ1n) is 4.97. The summed E-state index contributed by atoms with van der Waals surface area (Å²) in [4.78, 5) is 0. The van der Waals surface area contributed by atoms with Crippen LogP contribution in [0.1, 0.15) is 18.9 Å². The SMILES string of the molecule is CC(O)(CCS(C)(=O)=O)c1cc(F)cc(F)c1. The summed E-state index contributed by atoms with van der Waals surface area (Å²) in [7, 11) is -3.23. The van der Waals surface area contributed by atoms with Gasteiger partial charge in [-0.1, -0.05) is 0 Å². The summed E-state index contributed by atoms with van der Waals surface area (Å²) in [6.07, 6.45) is 0.921. The summed E-state index contributed by atoms with van der Waals surface area (Å²) in [5.74, 6) is -1.86. The number of rotatable bonds is 4. The molecule has 0 spiro atoms. The highest BCUT2D eigenvalue weighted by Gasteiger charge is 2.25. The fourth-order valence-electron chi connectivity index (χ4n) is 1.39. The van der Waals surface area contributed by atoms with Gasteiger partial charge in [-0.2, -0.15) is 0 Å². The van der Waals surface area contributed by atoms with Gasteiger partial charge in [-0.15, -0.1) is 0 Å². The normalized spacial score (nSPS) is 15.6. The molecule has 0 radical (unpaired) electrons. The van der Waals surface area contributed by atoms with Crippen LogP contribution in [-0.4, -0.2) is 25.5 Å². The van der Waals surface area contributed by atoms with Crippen molar-refractivity contribution in [2.75, 3.05) is 12.0 Å². The second-order valence-corrected chi connectivity index (χ2v) is 6.57. The Morgan fingerprint density at radius 1 is 1.24 bits per heavy atom. The van der Waals surface area contributed by atoms with Gasteiger partial charge < -0.3 is 5.11 Å². The number of sulfone groups is 1. The van der Waals surface area contributed by atoms with E-state index in [0.717, 1.165) is 18.4 Å². The number of aliphatic hydroxyl groups is 1. The standard InChI is InChI=1S/C11H14F2O3S/c1-11(14,3-4-17(2,15)16)8-5-9(12)7-10(13)6-8/h5-7,14H,3-4H2,1-2H3. The largest absolute Gasteiger partial charge is 0.385 e. The second kappa shape index (κ2) is 4.70. The number of hydrogen-bond acceptors (Lipinski definition) is 3. The van der Waals surface area contributed by atoms with E-state index in [0.29, 0.717) is 6.07 Å². The van der Waals surface area contributed by atoms with Gasteiger partial charge in [-0.25, -0.2) is 17.2 Å². The highest BCUT2D eigenvalue weighted by molar-refractivity contribution is 7.90. The molecule has 0 amide bonds. The van der Waals surface area contributed by atoms with E-state index in [2.05, 4.69) is 0 Å². The highest BCUT2D eigenvalue weighted by atomic mass is 32.2. The Labute approximate surface area is 99.0 Å². The lowest BCUT2D eigenvalue weighted by atomic mass is 9.93. The van der Waals surface area contributed by atoms with Crippen molar-refractivity contribution in [1.82, 2.24) is 0 Å². The van der Waals surface area contributed by atoms with Gasteiger partial charge in [-0.3, -0.25) is 0 Å². The van der Waals surface area contributed by atoms with Crippen LogP contribution in [0.5, 0.6) is 0 Å². The molecule has 0 fully saturated rings. The average Bonchev–Trinajstić information content (AvgIpc) is 2.12. The molecule has 0 heterocycles. The lowest BCUT2D eigenvalue weighted by Gasteiger charge is -2.23. The Morgan fingerprint density at radius 3 is 2.12 bits per heavy atom. The van der Waals surface area contributed by atoms with Gasteiger partial charge >= 0.3 is 0 Å². The molecule has 6 heteroatoms.